The van der Waals surface area contributed by atoms with Crippen molar-refractivity contribution in [3.63, 3.8) is 0 Å². The minimum absolute atomic E-state index is 0.00000118. The van der Waals surface area contributed by atoms with Crippen molar-refractivity contribution in [2.24, 2.45) is 0 Å². The van der Waals surface area contributed by atoms with E-state index in [1.165, 1.54) is 0 Å². The van der Waals surface area contributed by atoms with Crippen LogP contribution in [0.5, 0.6) is 0 Å². The van der Waals surface area contributed by atoms with E-state index in [9.17, 15) is 9.59 Å². The number of carbonyl (C=O) groups excluding carboxylic acids is 1. The second kappa shape index (κ2) is 9.52. The lowest BCUT2D eigenvalue weighted by molar-refractivity contribution is -0.132. The number of nitrogens with zero attached hydrogens (tertiary/aromatic N) is 6. The van der Waals surface area contributed by atoms with E-state index >= 15 is 0 Å². The first kappa shape index (κ1) is 21.3. The van der Waals surface area contributed by atoms with E-state index in [0.717, 1.165) is 62.2 Å². The fourth-order valence-electron chi connectivity index (χ4n) is 4.68. The van der Waals surface area contributed by atoms with E-state index in [1.807, 2.05) is 53.6 Å². The van der Waals surface area contributed by atoms with E-state index in [2.05, 4.69) is 19.6 Å². The van der Waals surface area contributed by atoms with E-state index in [-0.39, 0.29) is 11.5 Å². The van der Waals surface area contributed by atoms with Crippen molar-refractivity contribution in [2.45, 2.75) is 51.0 Å². The Hall–Kier alpha value is -3.55. The van der Waals surface area contributed by atoms with Crippen LogP contribution in [0.15, 0.2) is 59.8 Å². The van der Waals surface area contributed by atoms with Gasteiger partial charge in [-0.25, -0.2) is 4.98 Å². The number of aromatic nitrogens is 5. The minimum atomic E-state index is 0.00000118. The van der Waals surface area contributed by atoms with Gasteiger partial charge in [0.1, 0.15) is 5.82 Å². The van der Waals surface area contributed by atoms with Crippen LogP contribution in [0.4, 0.5) is 0 Å². The van der Waals surface area contributed by atoms with Crippen molar-refractivity contribution in [3.05, 3.63) is 71.2 Å². The molecule has 1 aliphatic heterocycles. The molecule has 0 atom stereocenters. The fourth-order valence-corrected chi connectivity index (χ4v) is 4.68. The number of aryl methyl sites for hydroxylation is 1. The molecule has 3 aromatic heterocycles. The Balaban J connectivity index is 1.06. The highest BCUT2D eigenvalue weighted by molar-refractivity contribution is 5.77. The van der Waals surface area contributed by atoms with Gasteiger partial charge in [0.2, 0.25) is 5.91 Å². The topological polar surface area (TPSA) is 85.4 Å². The summed E-state index contributed by atoms with van der Waals surface area (Å²) < 4.78 is 3.72. The largest absolute Gasteiger partial charge is 0.343 e. The van der Waals surface area contributed by atoms with Gasteiger partial charge in [-0.2, -0.15) is 0 Å². The lowest BCUT2D eigenvalue weighted by atomic mass is 9.95. The summed E-state index contributed by atoms with van der Waals surface area (Å²) in [6, 6.07) is 13.3. The average molecular weight is 445 g/mol. The second-order valence-electron chi connectivity index (χ2n) is 8.71. The highest BCUT2D eigenvalue weighted by atomic mass is 16.2. The van der Waals surface area contributed by atoms with Gasteiger partial charge in [-0.1, -0.05) is 24.6 Å². The van der Waals surface area contributed by atoms with E-state index < -0.39 is 0 Å². The Morgan fingerprint density at radius 1 is 0.970 bits per heavy atom. The number of para-hydroxylation sites is 1. The number of fused-ring (bicyclic) bond motifs is 2. The number of likely N-dealkylation sites (tertiary alicyclic amines) is 1. The quantitative estimate of drug-likeness (QED) is 0.408. The lowest BCUT2D eigenvalue weighted by Crippen LogP contribution is -2.38. The third kappa shape index (κ3) is 4.51. The van der Waals surface area contributed by atoms with Gasteiger partial charge in [-0.3, -0.25) is 18.6 Å². The number of benzene rings is 1. The third-order valence-corrected chi connectivity index (χ3v) is 6.57. The Labute approximate surface area is 191 Å². The molecule has 1 amide bonds. The summed E-state index contributed by atoms with van der Waals surface area (Å²) in [7, 11) is 0. The molecule has 0 unspecified atom stereocenters. The average Bonchev–Trinajstić information content (AvgIpc) is 3.29. The van der Waals surface area contributed by atoms with Gasteiger partial charge in [-0.15, -0.1) is 10.2 Å². The normalized spacial score (nSPS) is 14.8. The zero-order chi connectivity index (χ0) is 22.6. The zero-order valence-corrected chi connectivity index (χ0v) is 18.6. The number of amides is 1. The van der Waals surface area contributed by atoms with Crippen LogP contribution in [-0.2, 0) is 11.3 Å². The number of rotatable bonds is 7. The Morgan fingerprint density at radius 3 is 2.67 bits per heavy atom. The molecule has 1 aromatic carbocycles. The van der Waals surface area contributed by atoms with Crippen molar-refractivity contribution >= 4 is 22.5 Å². The predicted molar refractivity (Wildman–Crippen MR) is 126 cm³/mol. The molecule has 4 heterocycles. The van der Waals surface area contributed by atoms with Gasteiger partial charge >= 0.3 is 0 Å². The summed E-state index contributed by atoms with van der Waals surface area (Å²) >= 11 is 0. The molecule has 4 aromatic rings. The van der Waals surface area contributed by atoms with Crippen LogP contribution in [0.3, 0.4) is 0 Å². The lowest BCUT2D eigenvalue weighted by Gasteiger charge is -2.31. The van der Waals surface area contributed by atoms with Gasteiger partial charge in [0, 0.05) is 38.2 Å². The predicted octanol–water partition coefficient (Wildman–Crippen LogP) is 3.41. The van der Waals surface area contributed by atoms with Crippen LogP contribution in [0.25, 0.3) is 16.6 Å². The molecule has 170 valence electrons. The SMILES string of the molecule is O=C(CCCCCn1cnc2ccccc2c1=O)N1CCC(c2nnc3ccccn23)CC1. The number of hydrogen-bond acceptors (Lipinski definition) is 5. The van der Waals surface area contributed by atoms with E-state index in [0.29, 0.717) is 24.3 Å². The van der Waals surface area contributed by atoms with Crippen LogP contribution in [0, 0.1) is 0 Å². The summed E-state index contributed by atoms with van der Waals surface area (Å²) in [6.45, 7) is 2.16. The van der Waals surface area contributed by atoms with E-state index in [4.69, 9.17) is 0 Å². The molecule has 1 fully saturated rings. The summed E-state index contributed by atoms with van der Waals surface area (Å²) in [5.41, 5.74) is 1.60. The van der Waals surface area contributed by atoms with Gasteiger partial charge < -0.3 is 4.90 Å². The monoisotopic (exact) mass is 444 g/mol. The van der Waals surface area contributed by atoms with Gasteiger partial charge in [0.05, 0.1) is 17.2 Å². The van der Waals surface area contributed by atoms with Crippen LogP contribution < -0.4 is 5.56 Å². The zero-order valence-electron chi connectivity index (χ0n) is 18.6. The molecule has 1 aliphatic rings. The Bertz CT molecular complexity index is 1320. The number of piperidine rings is 1. The van der Waals surface area contributed by atoms with Crippen molar-refractivity contribution in [3.8, 4) is 0 Å². The summed E-state index contributed by atoms with van der Waals surface area (Å²) in [6.07, 6.45) is 8.62. The number of carbonyl (C=O) groups is 1. The second-order valence-corrected chi connectivity index (χ2v) is 8.71. The molecule has 0 aliphatic carbocycles. The smallest absolute Gasteiger partial charge is 0.261 e. The fraction of sp³-hybridized carbons (Fsp3) is 0.400. The molecular formula is C25H28N6O2. The maximum atomic E-state index is 12.7. The maximum Gasteiger partial charge on any atom is 0.261 e. The first-order chi connectivity index (χ1) is 16.2. The standard InChI is InChI=1S/C25H28N6O2/c32-23(11-2-1-6-14-30-18-26-21-9-4-3-8-20(21)25(30)33)29-16-12-19(13-17-29)24-28-27-22-10-5-7-15-31(22)24/h3-5,7-10,15,18-19H,1-2,6,11-14,16-17H2. The maximum absolute atomic E-state index is 12.7. The van der Waals surface area contributed by atoms with Crippen molar-refractivity contribution in [1.82, 2.24) is 29.0 Å². The van der Waals surface area contributed by atoms with E-state index in [1.54, 1.807) is 10.9 Å². The van der Waals surface area contributed by atoms with Crippen LogP contribution in [0.1, 0.15) is 50.3 Å². The molecule has 0 bridgehead atoms. The molecule has 0 radical (unpaired) electrons. The van der Waals surface area contributed by atoms with Crippen molar-refractivity contribution < 1.29 is 4.79 Å². The van der Waals surface area contributed by atoms with Gasteiger partial charge in [-0.05, 0) is 49.9 Å². The number of pyridine rings is 1. The van der Waals surface area contributed by atoms with Crippen molar-refractivity contribution in [2.75, 3.05) is 13.1 Å². The van der Waals surface area contributed by atoms with Crippen LogP contribution in [0.2, 0.25) is 0 Å². The molecule has 0 N–H and O–H groups in total. The molecule has 0 saturated carbocycles. The molecule has 0 spiro atoms. The summed E-state index contributed by atoms with van der Waals surface area (Å²) in [5, 5.41) is 9.29. The Morgan fingerprint density at radius 2 is 1.79 bits per heavy atom. The van der Waals surface area contributed by atoms with Crippen LogP contribution >= 0.6 is 0 Å². The molecule has 5 rings (SSSR count). The summed E-state index contributed by atoms with van der Waals surface area (Å²) in [4.78, 5) is 31.6. The van der Waals surface area contributed by atoms with Crippen LogP contribution in [-0.4, -0.2) is 48.0 Å². The molecule has 8 heteroatoms. The first-order valence-corrected chi connectivity index (χ1v) is 11.7. The molecule has 33 heavy (non-hydrogen) atoms. The highest BCUT2D eigenvalue weighted by Gasteiger charge is 2.26. The van der Waals surface area contributed by atoms with Gasteiger partial charge in [0.15, 0.2) is 5.65 Å². The minimum Gasteiger partial charge on any atom is -0.343 e. The molecule has 8 nitrogen and oxygen atoms in total. The number of unbranched alkanes of at least 4 members (excludes halogenated alkanes) is 2. The summed E-state index contributed by atoms with van der Waals surface area (Å²) in [5.74, 6) is 1.56. The Kier molecular flexibility index (Phi) is 6.15. The molecular weight excluding hydrogens is 416 g/mol. The number of hydrogen-bond donors (Lipinski definition) is 0. The van der Waals surface area contributed by atoms with Crippen molar-refractivity contribution in [1.29, 1.82) is 0 Å². The highest BCUT2D eigenvalue weighted by Crippen LogP contribution is 2.27. The van der Waals surface area contributed by atoms with Gasteiger partial charge in [0.25, 0.3) is 5.56 Å². The third-order valence-electron chi connectivity index (χ3n) is 6.57. The first-order valence-electron chi connectivity index (χ1n) is 11.7. The molecule has 1 saturated heterocycles.